The van der Waals surface area contributed by atoms with Gasteiger partial charge in [-0.3, -0.25) is 4.79 Å². The molecule has 3 heteroatoms. The van der Waals surface area contributed by atoms with Crippen molar-refractivity contribution in [1.29, 1.82) is 0 Å². The van der Waals surface area contributed by atoms with Gasteiger partial charge in [0, 0.05) is 6.42 Å². The van der Waals surface area contributed by atoms with Crippen molar-refractivity contribution in [3.8, 4) is 5.75 Å². The number of esters is 1. The van der Waals surface area contributed by atoms with Gasteiger partial charge < -0.3 is 9.47 Å². The molecular weight excluding hydrogens is 216 g/mol. The second kappa shape index (κ2) is 7.71. The number of hydrogen-bond acceptors (Lipinski definition) is 3. The second-order valence-electron chi connectivity index (χ2n) is 3.97. The molecule has 17 heavy (non-hydrogen) atoms. The molecule has 0 saturated carbocycles. The molecule has 0 fully saturated rings. The maximum absolute atomic E-state index is 11.4. The highest BCUT2D eigenvalue weighted by atomic mass is 16.5. The van der Waals surface area contributed by atoms with Crippen LogP contribution in [0.2, 0.25) is 0 Å². The SMILES string of the molecule is CCCCCC(=O)OCc1cccc(OC)c1. The lowest BCUT2D eigenvalue weighted by Crippen LogP contribution is -2.04. The van der Waals surface area contributed by atoms with Crippen LogP contribution in [0.4, 0.5) is 0 Å². The summed E-state index contributed by atoms with van der Waals surface area (Å²) in [6, 6.07) is 7.55. The summed E-state index contributed by atoms with van der Waals surface area (Å²) in [6.45, 7) is 2.43. The van der Waals surface area contributed by atoms with Crippen molar-refractivity contribution in [3.63, 3.8) is 0 Å². The molecule has 0 spiro atoms. The van der Waals surface area contributed by atoms with Gasteiger partial charge in [0.15, 0.2) is 0 Å². The highest BCUT2D eigenvalue weighted by Crippen LogP contribution is 2.13. The summed E-state index contributed by atoms with van der Waals surface area (Å²) in [5, 5.41) is 0. The van der Waals surface area contributed by atoms with Gasteiger partial charge in [0.05, 0.1) is 7.11 Å². The van der Waals surface area contributed by atoms with Crippen molar-refractivity contribution in [2.45, 2.75) is 39.2 Å². The predicted molar refractivity (Wildman–Crippen MR) is 66.9 cm³/mol. The van der Waals surface area contributed by atoms with Crippen molar-refractivity contribution in [1.82, 2.24) is 0 Å². The number of hydrogen-bond donors (Lipinski definition) is 0. The molecule has 0 N–H and O–H groups in total. The van der Waals surface area contributed by atoms with E-state index in [4.69, 9.17) is 9.47 Å². The Morgan fingerprint density at radius 3 is 2.82 bits per heavy atom. The van der Waals surface area contributed by atoms with E-state index in [-0.39, 0.29) is 5.97 Å². The third-order valence-electron chi connectivity index (χ3n) is 2.52. The van der Waals surface area contributed by atoms with Crippen molar-refractivity contribution < 1.29 is 14.3 Å². The normalized spacial score (nSPS) is 10.0. The van der Waals surface area contributed by atoms with Crippen LogP contribution in [0.1, 0.15) is 38.2 Å². The fraction of sp³-hybridized carbons (Fsp3) is 0.500. The molecule has 94 valence electrons. The van der Waals surface area contributed by atoms with Crippen LogP contribution < -0.4 is 4.74 Å². The lowest BCUT2D eigenvalue weighted by Gasteiger charge is -2.06. The molecule has 0 aliphatic rings. The minimum Gasteiger partial charge on any atom is -0.497 e. The lowest BCUT2D eigenvalue weighted by molar-refractivity contribution is -0.145. The summed E-state index contributed by atoms with van der Waals surface area (Å²) in [5.74, 6) is 0.658. The molecule has 0 bridgehead atoms. The third-order valence-corrected chi connectivity index (χ3v) is 2.52. The number of ether oxygens (including phenoxy) is 2. The van der Waals surface area contributed by atoms with Gasteiger partial charge in [-0.05, 0) is 24.1 Å². The Morgan fingerprint density at radius 2 is 2.12 bits per heavy atom. The van der Waals surface area contributed by atoms with Crippen LogP contribution in [0.25, 0.3) is 0 Å². The summed E-state index contributed by atoms with van der Waals surface area (Å²) < 4.78 is 10.3. The van der Waals surface area contributed by atoms with Gasteiger partial charge in [-0.2, -0.15) is 0 Å². The molecule has 0 amide bonds. The van der Waals surface area contributed by atoms with Crippen LogP contribution in [0, 0.1) is 0 Å². The zero-order chi connectivity index (χ0) is 12.5. The highest BCUT2D eigenvalue weighted by molar-refractivity contribution is 5.69. The summed E-state index contributed by atoms with van der Waals surface area (Å²) in [5.41, 5.74) is 0.952. The van der Waals surface area contributed by atoms with E-state index in [9.17, 15) is 4.79 Å². The molecule has 0 aliphatic carbocycles. The molecule has 0 aromatic heterocycles. The van der Waals surface area contributed by atoms with Gasteiger partial charge in [0.2, 0.25) is 0 Å². The number of methoxy groups -OCH3 is 1. The van der Waals surface area contributed by atoms with Crippen LogP contribution in [0.5, 0.6) is 5.75 Å². The standard InChI is InChI=1S/C14H20O3/c1-3-4-5-9-14(15)17-11-12-7-6-8-13(10-12)16-2/h6-8,10H,3-5,9,11H2,1-2H3. The molecule has 3 nitrogen and oxygen atoms in total. The Kier molecular flexibility index (Phi) is 6.15. The largest absolute Gasteiger partial charge is 0.497 e. The quantitative estimate of drug-likeness (QED) is 0.538. The first-order valence-corrected chi connectivity index (χ1v) is 6.04. The fourth-order valence-electron chi connectivity index (χ4n) is 1.52. The van der Waals surface area contributed by atoms with Crippen LogP contribution in [-0.2, 0) is 16.1 Å². The molecule has 0 heterocycles. The molecule has 1 rings (SSSR count). The van der Waals surface area contributed by atoms with Gasteiger partial charge in [0.1, 0.15) is 12.4 Å². The van der Waals surface area contributed by atoms with E-state index in [0.29, 0.717) is 13.0 Å². The maximum atomic E-state index is 11.4. The van der Waals surface area contributed by atoms with Gasteiger partial charge in [0.25, 0.3) is 0 Å². The third kappa shape index (κ3) is 5.38. The van der Waals surface area contributed by atoms with Crippen molar-refractivity contribution >= 4 is 5.97 Å². The number of benzene rings is 1. The number of unbranched alkanes of at least 4 members (excludes halogenated alkanes) is 2. The summed E-state index contributed by atoms with van der Waals surface area (Å²) in [6.07, 6.45) is 3.61. The minimum atomic E-state index is -0.124. The zero-order valence-corrected chi connectivity index (χ0v) is 10.6. The van der Waals surface area contributed by atoms with E-state index in [2.05, 4.69) is 6.92 Å². The molecule has 1 aromatic carbocycles. The number of carbonyl (C=O) groups is 1. The molecule has 1 aromatic rings. The van der Waals surface area contributed by atoms with E-state index in [1.807, 2.05) is 24.3 Å². The fourth-order valence-corrected chi connectivity index (χ4v) is 1.52. The Bertz CT molecular complexity index is 347. The maximum Gasteiger partial charge on any atom is 0.306 e. The van der Waals surface area contributed by atoms with Gasteiger partial charge in [-0.25, -0.2) is 0 Å². The smallest absolute Gasteiger partial charge is 0.306 e. The van der Waals surface area contributed by atoms with Crippen molar-refractivity contribution in [2.24, 2.45) is 0 Å². The Morgan fingerprint density at radius 1 is 1.29 bits per heavy atom. The summed E-state index contributed by atoms with van der Waals surface area (Å²) >= 11 is 0. The monoisotopic (exact) mass is 236 g/mol. The van der Waals surface area contributed by atoms with Gasteiger partial charge in [-0.1, -0.05) is 31.9 Å². The zero-order valence-electron chi connectivity index (χ0n) is 10.6. The van der Waals surface area contributed by atoms with Crippen LogP contribution in [-0.4, -0.2) is 13.1 Å². The Hall–Kier alpha value is -1.51. The molecular formula is C14H20O3. The van der Waals surface area contributed by atoms with E-state index in [1.54, 1.807) is 7.11 Å². The highest BCUT2D eigenvalue weighted by Gasteiger charge is 2.03. The number of carbonyl (C=O) groups excluding carboxylic acids is 1. The topological polar surface area (TPSA) is 35.5 Å². The average Bonchev–Trinajstić information content (AvgIpc) is 2.37. The predicted octanol–water partition coefficient (Wildman–Crippen LogP) is 3.32. The average molecular weight is 236 g/mol. The van der Waals surface area contributed by atoms with Gasteiger partial charge >= 0.3 is 5.97 Å². The first kappa shape index (κ1) is 13.6. The molecule has 0 saturated heterocycles. The first-order valence-electron chi connectivity index (χ1n) is 6.04. The van der Waals surface area contributed by atoms with Crippen LogP contribution in [0.15, 0.2) is 24.3 Å². The molecule has 0 atom stereocenters. The van der Waals surface area contributed by atoms with Crippen LogP contribution >= 0.6 is 0 Å². The van der Waals surface area contributed by atoms with Gasteiger partial charge in [-0.15, -0.1) is 0 Å². The van der Waals surface area contributed by atoms with Crippen molar-refractivity contribution in [2.75, 3.05) is 7.11 Å². The minimum absolute atomic E-state index is 0.124. The Labute approximate surface area is 103 Å². The van der Waals surface area contributed by atoms with E-state index >= 15 is 0 Å². The Balaban J connectivity index is 2.31. The van der Waals surface area contributed by atoms with E-state index in [1.165, 1.54) is 0 Å². The lowest BCUT2D eigenvalue weighted by atomic mass is 10.2. The van der Waals surface area contributed by atoms with E-state index in [0.717, 1.165) is 30.6 Å². The summed E-state index contributed by atoms with van der Waals surface area (Å²) in [7, 11) is 1.62. The van der Waals surface area contributed by atoms with E-state index < -0.39 is 0 Å². The second-order valence-corrected chi connectivity index (χ2v) is 3.97. The summed E-state index contributed by atoms with van der Waals surface area (Å²) in [4.78, 5) is 11.4. The number of rotatable bonds is 7. The molecule has 0 aliphatic heterocycles. The molecule has 0 unspecified atom stereocenters. The van der Waals surface area contributed by atoms with Crippen LogP contribution in [0.3, 0.4) is 0 Å². The van der Waals surface area contributed by atoms with Crippen molar-refractivity contribution in [3.05, 3.63) is 29.8 Å². The first-order chi connectivity index (χ1) is 8.26. The molecule has 0 radical (unpaired) electrons.